The van der Waals surface area contributed by atoms with Crippen LogP contribution in [0.4, 0.5) is 11.4 Å². The largest absolute Gasteiger partial charge is 0.453 e. The summed E-state index contributed by atoms with van der Waals surface area (Å²) in [5.41, 5.74) is 4.01. The summed E-state index contributed by atoms with van der Waals surface area (Å²) in [6.07, 6.45) is 0.333. The predicted molar refractivity (Wildman–Crippen MR) is 90.5 cm³/mol. The van der Waals surface area contributed by atoms with Gasteiger partial charge in [-0.05, 0) is 55.7 Å². The number of anilines is 2. The maximum absolute atomic E-state index is 11.0. The van der Waals surface area contributed by atoms with Gasteiger partial charge in [-0.2, -0.15) is 8.42 Å². The first kappa shape index (κ1) is 15.8. The molecule has 2 aromatic rings. The molecule has 0 fully saturated rings. The van der Waals surface area contributed by atoms with E-state index in [2.05, 4.69) is 0 Å². The third-order valence-corrected chi connectivity index (χ3v) is 4.62. The zero-order valence-electron chi connectivity index (χ0n) is 13.1. The van der Waals surface area contributed by atoms with E-state index in [0.29, 0.717) is 13.0 Å². The number of aryl methyl sites for hydroxylation is 2. The van der Waals surface area contributed by atoms with Crippen molar-refractivity contribution >= 4 is 21.5 Å². The predicted octanol–water partition coefficient (Wildman–Crippen LogP) is 3.83. The van der Waals surface area contributed by atoms with Crippen LogP contribution >= 0.6 is 0 Å². The lowest BCUT2D eigenvalue weighted by atomic mass is 10.1. The van der Waals surface area contributed by atoms with Crippen molar-refractivity contribution in [2.24, 2.45) is 0 Å². The van der Waals surface area contributed by atoms with Crippen LogP contribution in [0.1, 0.15) is 17.5 Å². The van der Waals surface area contributed by atoms with E-state index in [-0.39, 0.29) is 5.75 Å². The van der Waals surface area contributed by atoms with Crippen molar-refractivity contribution in [3.05, 3.63) is 47.5 Å². The Hall–Kier alpha value is -2.05. The van der Waals surface area contributed by atoms with E-state index in [9.17, 15) is 8.42 Å². The SMILES string of the molecule is Cc1ccc2c(c1)Oc1ccc(C)cc1N2CCCS(=O)(=O)O. The number of fused-ring (bicyclic) bond motifs is 2. The van der Waals surface area contributed by atoms with Gasteiger partial charge < -0.3 is 9.64 Å². The lowest BCUT2D eigenvalue weighted by Crippen LogP contribution is -2.24. The molecule has 0 spiro atoms. The van der Waals surface area contributed by atoms with Crippen LogP contribution in [0, 0.1) is 13.8 Å². The van der Waals surface area contributed by atoms with Gasteiger partial charge in [0.25, 0.3) is 10.1 Å². The summed E-state index contributed by atoms with van der Waals surface area (Å²) in [5.74, 6) is 1.25. The van der Waals surface area contributed by atoms with E-state index in [0.717, 1.165) is 34.0 Å². The Morgan fingerprint density at radius 3 is 2.43 bits per heavy atom. The number of hydrogen-bond acceptors (Lipinski definition) is 4. The first-order valence-electron chi connectivity index (χ1n) is 7.45. The highest BCUT2D eigenvalue weighted by atomic mass is 32.2. The molecular weight excluding hydrogens is 314 g/mol. The van der Waals surface area contributed by atoms with Crippen molar-refractivity contribution in [1.82, 2.24) is 0 Å². The topological polar surface area (TPSA) is 66.8 Å². The van der Waals surface area contributed by atoms with Gasteiger partial charge in [0, 0.05) is 6.54 Å². The molecule has 1 aliphatic heterocycles. The fraction of sp³-hybridized carbons (Fsp3) is 0.294. The Morgan fingerprint density at radius 1 is 1.00 bits per heavy atom. The molecule has 0 amide bonds. The second kappa shape index (κ2) is 5.86. The van der Waals surface area contributed by atoms with Crippen LogP contribution in [-0.2, 0) is 10.1 Å². The minimum Gasteiger partial charge on any atom is -0.453 e. The number of hydrogen-bond donors (Lipinski definition) is 1. The van der Waals surface area contributed by atoms with E-state index in [1.807, 2.05) is 55.1 Å². The van der Waals surface area contributed by atoms with Crippen LogP contribution < -0.4 is 9.64 Å². The summed E-state index contributed by atoms with van der Waals surface area (Å²) in [7, 11) is -3.95. The minimum atomic E-state index is -3.95. The van der Waals surface area contributed by atoms with E-state index < -0.39 is 10.1 Å². The molecule has 1 heterocycles. The summed E-state index contributed by atoms with van der Waals surface area (Å²) in [6.45, 7) is 4.48. The molecule has 23 heavy (non-hydrogen) atoms. The molecule has 1 N–H and O–H groups in total. The lowest BCUT2D eigenvalue weighted by Gasteiger charge is -2.33. The van der Waals surface area contributed by atoms with Gasteiger partial charge in [0.1, 0.15) is 0 Å². The summed E-state index contributed by atoms with van der Waals surface area (Å²) in [6, 6.07) is 11.9. The molecule has 0 bridgehead atoms. The standard InChI is InChI=1S/C17H19NO4S/c1-12-5-7-16-15(10-12)18(8-3-9-23(19,20)21)14-6-4-13(2)11-17(14)22-16/h4-7,10-11H,3,8-9H2,1-2H3,(H,19,20,21). The lowest BCUT2D eigenvalue weighted by molar-refractivity contribution is 0.471. The Balaban J connectivity index is 1.97. The third-order valence-electron chi connectivity index (χ3n) is 3.82. The Kier molecular flexibility index (Phi) is 4.04. The molecule has 122 valence electrons. The summed E-state index contributed by atoms with van der Waals surface area (Å²) in [4.78, 5) is 2.05. The van der Waals surface area contributed by atoms with Crippen molar-refractivity contribution in [2.45, 2.75) is 20.3 Å². The number of benzene rings is 2. The van der Waals surface area contributed by atoms with Crippen molar-refractivity contribution in [1.29, 1.82) is 0 Å². The molecule has 1 aliphatic rings. The molecule has 0 aliphatic carbocycles. The first-order valence-corrected chi connectivity index (χ1v) is 9.06. The van der Waals surface area contributed by atoms with Crippen molar-refractivity contribution in [3.8, 4) is 11.5 Å². The summed E-state index contributed by atoms with van der Waals surface area (Å²) >= 11 is 0. The Morgan fingerprint density at radius 2 is 1.70 bits per heavy atom. The van der Waals surface area contributed by atoms with Crippen LogP contribution in [0.5, 0.6) is 11.5 Å². The van der Waals surface area contributed by atoms with Gasteiger partial charge in [0.2, 0.25) is 0 Å². The highest BCUT2D eigenvalue weighted by Gasteiger charge is 2.24. The van der Waals surface area contributed by atoms with E-state index >= 15 is 0 Å². The van der Waals surface area contributed by atoms with Crippen molar-refractivity contribution in [3.63, 3.8) is 0 Å². The molecule has 0 aromatic heterocycles. The second-order valence-electron chi connectivity index (χ2n) is 5.84. The molecule has 5 nitrogen and oxygen atoms in total. The maximum Gasteiger partial charge on any atom is 0.264 e. The van der Waals surface area contributed by atoms with Gasteiger partial charge >= 0.3 is 0 Å². The first-order chi connectivity index (χ1) is 10.8. The molecule has 0 radical (unpaired) electrons. The molecule has 0 saturated carbocycles. The van der Waals surface area contributed by atoms with Gasteiger partial charge in [0.15, 0.2) is 11.5 Å². The molecule has 2 aromatic carbocycles. The smallest absolute Gasteiger partial charge is 0.264 e. The molecule has 0 saturated heterocycles. The van der Waals surface area contributed by atoms with Crippen LogP contribution in [-0.4, -0.2) is 25.3 Å². The van der Waals surface area contributed by atoms with Crippen LogP contribution in [0.3, 0.4) is 0 Å². The van der Waals surface area contributed by atoms with Gasteiger partial charge in [-0.1, -0.05) is 12.1 Å². The van der Waals surface area contributed by atoms with Crippen LogP contribution in [0.25, 0.3) is 0 Å². The average Bonchev–Trinajstić information content (AvgIpc) is 2.45. The fourth-order valence-electron chi connectivity index (χ4n) is 2.74. The van der Waals surface area contributed by atoms with Crippen LogP contribution in [0.15, 0.2) is 36.4 Å². The van der Waals surface area contributed by atoms with Crippen molar-refractivity contribution < 1.29 is 17.7 Å². The van der Waals surface area contributed by atoms with E-state index in [4.69, 9.17) is 9.29 Å². The molecule has 0 unspecified atom stereocenters. The fourth-order valence-corrected chi connectivity index (χ4v) is 3.24. The van der Waals surface area contributed by atoms with Crippen LogP contribution in [0.2, 0.25) is 0 Å². The van der Waals surface area contributed by atoms with Crippen molar-refractivity contribution in [2.75, 3.05) is 17.2 Å². The van der Waals surface area contributed by atoms with Gasteiger partial charge in [-0.25, -0.2) is 0 Å². The maximum atomic E-state index is 11.0. The number of rotatable bonds is 4. The normalized spacial score (nSPS) is 13.3. The molecular formula is C17H19NO4S. The second-order valence-corrected chi connectivity index (χ2v) is 7.41. The summed E-state index contributed by atoms with van der Waals surface area (Å²) < 4.78 is 36.9. The van der Waals surface area contributed by atoms with E-state index in [1.165, 1.54) is 0 Å². The third kappa shape index (κ3) is 3.48. The van der Waals surface area contributed by atoms with Gasteiger partial charge in [0.05, 0.1) is 17.1 Å². The number of nitrogens with zero attached hydrogens (tertiary/aromatic N) is 1. The number of ether oxygens (including phenoxy) is 1. The Bertz CT molecular complexity index is 846. The summed E-state index contributed by atoms with van der Waals surface area (Å²) in [5, 5.41) is 0. The zero-order valence-corrected chi connectivity index (χ0v) is 13.9. The monoisotopic (exact) mass is 333 g/mol. The van der Waals surface area contributed by atoms with E-state index in [1.54, 1.807) is 0 Å². The molecule has 3 rings (SSSR count). The minimum absolute atomic E-state index is 0.257. The average molecular weight is 333 g/mol. The Labute approximate surface area is 136 Å². The molecule has 6 heteroatoms. The van der Waals surface area contributed by atoms with Gasteiger partial charge in [-0.15, -0.1) is 0 Å². The quantitative estimate of drug-likeness (QED) is 0.862. The highest BCUT2D eigenvalue weighted by Crippen LogP contribution is 2.47. The zero-order chi connectivity index (χ0) is 16.6. The highest BCUT2D eigenvalue weighted by molar-refractivity contribution is 7.85. The molecule has 0 atom stereocenters. The van der Waals surface area contributed by atoms with Gasteiger partial charge in [-0.3, -0.25) is 4.55 Å².